The molecular formula is C12H23B. The van der Waals surface area contributed by atoms with Gasteiger partial charge in [0.15, 0.2) is 0 Å². The minimum atomic E-state index is 0.833. The maximum absolute atomic E-state index is 5.75. The molecule has 13 heavy (non-hydrogen) atoms. The summed E-state index contributed by atoms with van der Waals surface area (Å²) >= 11 is 0. The summed E-state index contributed by atoms with van der Waals surface area (Å²) in [4.78, 5) is 0. The Morgan fingerprint density at radius 3 is 2.46 bits per heavy atom. The van der Waals surface area contributed by atoms with Gasteiger partial charge < -0.3 is 0 Å². The predicted octanol–water partition coefficient (Wildman–Crippen LogP) is 3.82. The second-order valence-electron chi connectivity index (χ2n) is 4.60. The molecule has 1 fully saturated rings. The predicted molar refractivity (Wildman–Crippen MR) is 60.1 cm³/mol. The quantitative estimate of drug-likeness (QED) is 0.574. The van der Waals surface area contributed by atoms with Crippen molar-refractivity contribution >= 4 is 7.85 Å². The summed E-state index contributed by atoms with van der Waals surface area (Å²) in [6.45, 7) is 4.67. The Hall–Kier alpha value is 0.0649. The summed E-state index contributed by atoms with van der Waals surface area (Å²) in [7, 11) is 5.75. The summed E-state index contributed by atoms with van der Waals surface area (Å²) in [5.41, 5.74) is 0. The monoisotopic (exact) mass is 178 g/mol. The molecule has 0 aromatic rings. The van der Waals surface area contributed by atoms with E-state index in [-0.39, 0.29) is 0 Å². The molecule has 0 aliphatic heterocycles. The molecule has 2 radical (unpaired) electrons. The van der Waals surface area contributed by atoms with Crippen molar-refractivity contribution in [3.8, 4) is 0 Å². The lowest BCUT2D eigenvalue weighted by atomic mass is 9.70. The van der Waals surface area contributed by atoms with Gasteiger partial charge >= 0.3 is 0 Å². The van der Waals surface area contributed by atoms with Gasteiger partial charge in [-0.3, -0.25) is 0 Å². The van der Waals surface area contributed by atoms with Gasteiger partial charge in [-0.15, -0.1) is 0 Å². The number of hydrogen-bond donors (Lipinski definition) is 0. The topological polar surface area (TPSA) is 0 Å². The lowest BCUT2D eigenvalue weighted by molar-refractivity contribution is 0.195. The molecule has 2 unspecified atom stereocenters. The summed E-state index contributed by atoms with van der Waals surface area (Å²) in [5, 5.41) is 0. The molecule has 0 bridgehead atoms. The molecule has 0 heterocycles. The molecule has 1 rings (SSSR count). The van der Waals surface area contributed by atoms with Crippen molar-refractivity contribution in [3.05, 3.63) is 0 Å². The van der Waals surface area contributed by atoms with Gasteiger partial charge in [0.2, 0.25) is 0 Å². The van der Waals surface area contributed by atoms with Crippen LogP contribution in [0.2, 0.25) is 6.32 Å². The van der Waals surface area contributed by atoms with Gasteiger partial charge in [-0.05, 0) is 24.2 Å². The van der Waals surface area contributed by atoms with Crippen LogP contribution in [0.3, 0.4) is 0 Å². The Bertz CT molecular complexity index is 129. The molecule has 0 spiro atoms. The van der Waals surface area contributed by atoms with E-state index in [4.69, 9.17) is 7.85 Å². The fourth-order valence-electron chi connectivity index (χ4n) is 2.93. The minimum absolute atomic E-state index is 0.833. The highest BCUT2D eigenvalue weighted by Crippen LogP contribution is 2.37. The average molecular weight is 178 g/mol. The van der Waals surface area contributed by atoms with Crippen molar-refractivity contribution in [1.82, 2.24) is 0 Å². The zero-order chi connectivity index (χ0) is 9.68. The second kappa shape index (κ2) is 5.72. The van der Waals surface area contributed by atoms with Crippen LogP contribution in [0.25, 0.3) is 0 Å². The van der Waals surface area contributed by atoms with E-state index >= 15 is 0 Å². The molecule has 0 nitrogen and oxygen atoms in total. The molecule has 2 atom stereocenters. The lowest BCUT2D eigenvalue weighted by Crippen LogP contribution is -2.22. The molecule has 1 heteroatoms. The average Bonchev–Trinajstić information content (AvgIpc) is 2.20. The Morgan fingerprint density at radius 1 is 1.23 bits per heavy atom. The summed E-state index contributed by atoms with van der Waals surface area (Å²) in [5.74, 6) is 2.78. The molecule has 74 valence electrons. The highest BCUT2D eigenvalue weighted by atomic mass is 14.3. The van der Waals surface area contributed by atoms with E-state index in [1.807, 2.05) is 0 Å². The normalized spacial score (nSPS) is 29.5. The number of hydrogen-bond acceptors (Lipinski definition) is 0. The summed E-state index contributed by atoms with van der Waals surface area (Å²) in [6, 6.07) is 0. The van der Waals surface area contributed by atoms with E-state index < -0.39 is 0 Å². The van der Waals surface area contributed by atoms with Crippen LogP contribution >= 0.6 is 0 Å². The van der Waals surface area contributed by atoms with Gasteiger partial charge in [0.1, 0.15) is 0 Å². The van der Waals surface area contributed by atoms with E-state index in [1.165, 1.54) is 38.5 Å². The number of rotatable bonds is 4. The lowest BCUT2D eigenvalue weighted by Gasteiger charge is -2.33. The SMILES string of the molecule is [B]CC1CCCC(C(CC)CC)C1. The smallest absolute Gasteiger partial charge is 0.0656 e. The van der Waals surface area contributed by atoms with Crippen LogP contribution in [0.15, 0.2) is 0 Å². The second-order valence-corrected chi connectivity index (χ2v) is 4.60. The largest absolute Gasteiger partial charge is 0.0859 e. The van der Waals surface area contributed by atoms with E-state index in [2.05, 4.69) is 13.8 Å². The fraction of sp³-hybridized carbons (Fsp3) is 1.00. The van der Waals surface area contributed by atoms with E-state index in [0.29, 0.717) is 0 Å². The van der Waals surface area contributed by atoms with E-state index in [1.54, 1.807) is 0 Å². The third kappa shape index (κ3) is 3.04. The molecule has 0 aromatic carbocycles. The fourth-order valence-corrected chi connectivity index (χ4v) is 2.93. The van der Waals surface area contributed by atoms with Crippen LogP contribution in [0.5, 0.6) is 0 Å². The van der Waals surface area contributed by atoms with Crippen LogP contribution in [0.1, 0.15) is 52.4 Å². The Labute approximate surface area is 84.9 Å². The molecular weight excluding hydrogens is 155 g/mol. The maximum atomic E-state index is 5.75. The standard InChI is InChI=1S/C12H23B/c1-3-11(4-2)12-7-5-6-10(8-12)9-13/h10-12H,3-9H2,1-2H3. The van der Waals surface area contributed by atoms with Crippen LogP contribution in [-0.4, -0.2) is 7.85 Å². The van der Waals surface area contributed by atoms with Crippen molar-refractivity contribution in [2.24, 2.45) is 17.8 Å². The molecule has 0 aromatic heterocycles. The highest BCUT2D eigenvalue weighted by molar-refractivity contribution is 6.08. The zero-order valence-corrected chi connectivity index (χ0v) is 9.26. The summed E-state index contributed by atoms with van der Waals surface area (Å²) in [6.07, 6.45) is 9.30. The molecule has 1 aliphatic carbocycles. The Morgan fingerprint density at radius 2 is 1.92 bits per heavy atom. The maximum Gasteiger partial charge on any atom is 0.0656 e. The van der Waals surface area contributed by atoms with Gasteiger partial charge in [-0.1, -0.05) is 52.3 Å². The van der Waals surface area contributed by atoms with Crippen LogP contribution in [0.4, 0.5) is 0 Å². The first-order valence-electron chi connectivity index (χ1n) is 6.01. The highest BCUT2D eigenvalue weighted by Gasteiger charge is 2.25. The summed E-state index contributed by atoms with van der Waals surface area (Å²) < 4.78 is 0. The van der Waals surface area contributed by atoms with Crippen molar-refractivity contribution in [2.45, 2.75) is 58.7 Å². The van der Waals surface area contributed by atoms with Gasteiger partial charge in [-0.25, -0.2) is 0 Å². The third-order valence-corrected chi connectivity index (χ3v) is 3.87. The first kappa shape index (κ1) is 11.1. The third-order valence-electron chi connectivity index (χ3n) is 3.87. The van der Waals surface area contributed by atoms with Gasteiger partial charge in [0, 0.05) is 0 Å². The van der Waals surface area contributed by atoms with Crippen molar-refractivity contribution < 1.29 is 0 Å². The van der Waals surface area contributed by atoms with Crippen molar-refractivity contribution in [3.63, 3.8) is 0 Å². The molecule has 1 aliphatic rings. The minimum Gasteiger partial charge on any atom is -0.0859 e. The van der Waals surface area contributed by atoms with Crippen LogP contribution in [0, 0.1) is 17.8 Å². The van der Waals surface area contributed by atoms with Gasteiger partial charge in [0.25, 0.3) is 0 Å². The van der Waals surface area contributed by atoms with Crippen molar-refractivity contribution in [1.29, 1.82) is 0 Å². The molecule has 0 N–H and O–H groups in total. The van der Waals surface area contributed by atoms with Gasteiger partial charge in [-0.2, -0.15) is 0 Å². The van der Waals surface area contributed by atoms with Crippen molar-refractivity contribution in [2.75, 3.05) is 0 Å². The van der Waals surface area contributed by atoms with Gasteiger partial charge in [0.05, 0.1) is 7.85 Å². The Balaban J connectivity index is 2.40. The van der Waals surface area contributed by atoms with Crippen LogP contribution in [-0.2, 0) is 0 Å². The first-order valence-corrected chi connectivity index (χ1v) is 6.01. The Kier molecular flexibility index (Phi) is 4.91. The van der Waals surface area contributed by atoms with Crippen LogP contribution < -0.4 is 0 Å². The van der Waals surface area contributed by atoms with E-state index in [0.717, 1.165) is 24.1 Å². The molecule has 0 amide bonds. The molecule has 0 saturated heterocycles. The zero-order valence-electron chi connectivity index (χ0n) is 9.26. The van der Waals surface area contributed by atoms with E-state index in [9.17, 15) is 0 Å². The molecule has 1 saturated carbocycles. The first-order chi connectivity index (χ1) is 6.31.